The van der Waals surface area contributed by atoms with Crippen LogP contribution in [0.15, 0.2) is 12.1 Å². The van der Waals surface area contributed by atoms with Gasteiger partial charge in [0.2, 0.25) is 0 Å². The Kier molecular flexibility index (Phi) is 9.29. The van der Waals surface area contributed by atoms with E-state index in [-0.39, 0.29) is 10.6 Å². The molecule has 0 aromatic heterocycles. The van der Waals surface area contributed by atoms with Crippen molar-refractivity contribution in [3.8, 4) is 11.5 Å². The summed E-state index contributed by atoms with van der Waals surface area (Å²) in [5, 5.41) is 4.39. The Morgan fingerprint density at radius 2 is 1.88 bits per heavy atom. The van der Waals surface area contributed by atoms with E-state index in [9.17, 15) is 14.4 Å². The van der Waals surface area contributed by atoms with Crippen molar-refractivity contribution in [1.29, 1.82) is 0 Å². The zero-order valence-electron chi connectivity index (χ0n) is 15.0. The van der Waals surface area contributed by atoms with Gasteiger partial charge in [0.1, 0.15) is 0 Å². The van der Waals surface area contributed by atoms with Gasteiger partial charge in [-0.05, 0) is 25.5 Å². The number of unbranched alkanes of at least 4 members (excludes halogenated alkanes) is 1. The minimum Gasteiger partial charge on any atom is -0.490 e. The predicted octanol–water partition coefficient (Wildman–Crippen LogP) is 2.53. The number of imide groups is 1. The summed E-state index contributed by atoms with van der Waals surface area (Å²) in [6.45, 7) is 4.04. The summed E-state index contributed by atoms with van der Waals surface area (Å²) < 4.78 is 16.0. The highest BCUT2D eigenvalue weighted by molar-refractivity contribution is 6.32. The summed E-state index contributed by atoms with van der Waals surface area (Å²) in [6.07, 6.45) is 1.82. The first-order valence-electron chi connectivity index (χ1n) is 8.20. The lowest BCUT2D eigenvalue weighted by atomic mass is 10.2. The number of amides is 3. The van der Waals surface area contributed by atoms with Crippen LogP contribution in [0.3, 0.4) is 0 Å². The van der Waals surface area contributed by atoms with Crippen LogP contribution in [0.1, 0.15) is 37.0 Å². The van der Waals surface area contributed by atoms with Gasteiger partial charge in [0.05, 0.1) is 23.8 Å². The summed E-state index contributed by atoms with van der Waals surface area (Å²) in [5.41, 5.74) is 0.106. The number of nitrogens with one attached hydrogen (secondary N) is 2. The standard InChI is InChI=1S/C17H23ClN2O6/c1-4-6-7-25-15-12(18)8-11(9-13(15)24-5-2)16(22)26-10-14(21)20-17(23)19-3/h8-9H,4-7,10H2,1-3H3,(H2,19,20,21,23). The fourth-order valence-corrected chi connectivity index (χ4v) is 2.11. The van der Waals surface area contributed by atoms with Gasteiger partial charge in [0.15, 0.2) is 18.1 Å². The number of benzene rings is 1. The average Bonchev–Trinajstić information content (AvgIpc) is 2.61. The van der Waals surface area contributed by atoms with Crippen molar-refractivity contribution in [2.45, 2.75) is 26.7 Å². The molecule has 0 unspecified atom stereocenters. The number of hydrogen-bond donors (Lipinski definition) is 2. The van der Waals surface area contributed by atoms with Gasteiger partial charge >= 0.3 is 12.0 Å². The third-order valence-electron chi connectivity index (χ3n) is 3.10. The van der Waals surface area contributed by atoms with Crippen molar-refractivity contribution in [3.05, 3.63) is 22.7 Å². The molecule has 0 atom stereocenters. The molecule has 0 radical (unpaired) electrons. The molecule has 0 saturated heterocycles. The molecule has 1 aromatic rings. The lowest BCUT2D eigenvalue weighted by molar-refractivity contribution is -0.123. The second-order valence-corrected chi connectivity index (χ2v) is 5.53. The van der Waals surface area contributed by atoms with Crippen LogP contribution in [0.2, 0.25) is 5.02 Å². The van der Waals surface area contributed by atoms with Crippen LogP contribution in [-0.4, -0.2) is 44.8 Å². The van der Waals surface area contributed by atoms with Crippen molar-refractivity contribution in [2.24, 2.45) is 0 Å². The normalized spacial score (nSPS) is 10.0. The summed E-state index contributed by atoms with van der Waals surface area (Å²) >= 11 is 6.20. The lowest BCUT2D eigenvalue weighted by Gasteiger charge is -2.15. The van der Waals surface area contributed by atoms with Crippen LogP contribution in [0.5, 0.6) is 11.5 Å². The van der Waals surface area contributed by atoms with Gasteiger partial charge in [-0.3, -0.25) is 10.1 Å². The second-order valence-electron chi connectivity index (χ2n) is 5.12. The van der Waals surface area contributed by atoms with Crippen LogP contribution >= 0.6 is 11.6 Å². The quantitative estimate of drug-likeness (QED) is 0.499. The molecule has 0 spiro atoms. The van der Waals surface area contributed by atoms with Crippen molar-refractivity contribution in [1.82, 2.24) is 10.6 Å². The van der Waals surface area contributed by atoms with E-state index in [1.165, 1.54) is 19.2 Å². The Hall–Kier alpha value is -2.48. The largest absolute Gasteiger partial charge is 0.490 e. The lowest BCUT2D eigenvalue weighted by Crippen LogP contribution is -2.39. The SMILES string of the molecule is CCCCOc1c(Cl)cc(C(=O)OCC(=O)NC(=O)NC)cc1OCC. The molecule has 1 rings (SSSR count). The average molecular weight is 387 g/mol. The molecular formula is C17H23ClN2O6. The molecule has 0 fully saturated rings. The molecule has 0 aliphatic rings. The Balaban J connectivity index is 2.83. The molecule has 0 aliphatic carbocycles. The highest BCUT2D eigenvalue weighted by atomic mass is 35.5. The molecule has 0 heterocycles. The highest BCUT2D eigenvalue weighted by Crippen LogP contribution is 2.37. The minimum absolute atomic E-state index is 0.106. The predicted molar refractivity (Wildman–Crippen MR) is 95.9 cm³/mol. The number of carbonyl (C=O) groups excluding carboxylic acids is 3. The van der Waals surface area contributed by atoms with Crippen LogP contribution < -0.4 is 20.1 Å². The number of rotatable bonds is 9. The maximum absolute atomic E-state index is 12.1. The van der Waals surface area contributed by atoms with Crippen LogP contribution in [0, 0.1) is 0 Å². The number of halogens is 1. The Morgan fingerprint density at radius 3 is 2.50 bits per heavy atom. The van der Waals surface area contributed by atoms with E-state index in [0.29, 0.717) is 24.7 Å². The summed E-state index contributed by atoms with van der Waals surface area (Å²) in [4.78, 5) is 34.6. The minimum atomic E-state index is -0.778. The molecule has 0 aliphatic heterocycles. The molecule has 3 amide bonds. The second kappa shape index (κ2) is 11.2. The topological polar surface area (TPSA) is 103 Å². The molecule has 2 N–H and O–H groups in total. The molecule has 0 bridgehead atoms. The third-order valence-corrected chi connectivity index (χ3v) is 3.38. The highest BCUT2D eigenvalue weighted by Gasteiger charge is 2.18. The number of esters is 1. The first-order chi connectivity index (χ1) is 12.4. The van der Waals surface area contributed by atoms with Crippen LogP contribution in [0.4, 0.5) is 4.79 Å². The van der Waals surface area contributed by atoms with E-state index in [1.54, 1.807) is 6.92 Å². The van der Waals surface area contributed by atoms with Gasteiger partial charge in [-0.2, -0.15) is 0 Å². The third kappa shape index (κ3) is 6.79. The monoisotopic (exact) mass is 386 g/mol. The summed E-state index contributed by atoms with van der Waals surface area (Å²) in [5.74, 6) is -0.859. The molecule has 9 heteroatoms. The fourth-order valence-electron chi connectivity index (χ4n) is 1.85. The van der Waals surface area contributed by atoms with E-state index in [0.717, 1.165) is 12.8 Å². The molecule has 0 saturated carbocycles. The van der Waals surface area contributed by atoms with Crippen molar-refractivity contribution >= 4 is 29.5 Å². The molecule has 1 aromatic carbocycles. The van der Waals surface area contributed by atoms with E-state index < -0.39 is 24.5 Å². The van der Waals surface area contributed by atoms with Gasteiger partial charge in [-0.15, -0.1) is 0 Å². The summed E-state index contributed by atoms with van der Waals surface area (Å²) in [7, 11) is 1.36. The Morgan fingerprint density at radius 1 is 1.15 bits per heavy atom. The van der Waals surface area contributed by atoms with Crippen molar-refractivity contribution in [2.75, 3.05) is 26.9 Å². The van der Waals surface area contributed by atoms with Crippen molar-refractivity contribution in [3.63, 3.8) is 0 Å². The molecule has 8 nitrogen and oxygen atoms in total. The van der Waals surface area contributed by atoms with Crippen LogP contribution in [-0.2, 0) is 9.53 Å². The van der Waals surface area contributed by atoms with Gasteiger partial charge < -0.3 is 19.5 Å². The zero-order valence-corrected chi connectivity index (χ0v) is 15.8. The molecule has 144 valence electrons. The molecule has 26 heavy (non-hydrogen) atoms. The maximum Gasteiger partial charge on any atom is 0.338 e. The van der Waals surface area contributed by atoms with Gasteiger partial charge in [0.25, 0.3) is 5.91 Å². The number of ether oxygens (including phenoxy) is 3. The molecular weight excluding hydrogens is 364 g/mol. The van der Waals surface area contributed by atoms with E-state index in [2.05, 4.69) is 5.32 Å². The number of carbonyl (C=O) groups is 3. The van der Waals surface area contributed by atoms with Gasteiger partial charge in [0, 0.05) is 7.05 Å². The maximum atomic E-state index is 12.1. The van der Waals surface area contributed by atoms with Crippen LogP contribution in [0.25, 0.3) is 0 Å². The smallest absolute Gasteiger partial charge is 0.338 e. The first kappa shape index (κ1) is 21.6. The van der Waals surface area contributed by atoms with Crippen molar-refractivity contribution < 1.29 is 28.6 Å². The number of urea groups is 1. The first-order valence-corrected chi connectivity index (χ1v) is 8.58. The number of hydrogen-bond acceptors (Lipinski definition) is 6. The van der Waals surface area contributed by atoms with Gasteiger partial charge in [-0.1, -0.05) is 24.9 Å². The van der Waals surface area contributed by atoms with Gasteiger partial charge in [-0.25, -0.2) is 9.59 Å². The Bertz CT molecular complexity index is 650. The Labute approximate surface area is 157 Å². The zero-order chi connectivity index (χ0) is 19.5. The van der Waals surface area contributed by atoms with E-state index in [4.69, 9.17) is 25.8 Å². The fraction of sp³-hybridized carbons (Fsp3) is 0.471. The van der Waals surface area contributed by atoms with E-state index >= 15 is 0 Å². The summed E-state index contributed by atoms with van der Waals surface area (Å²) in [6, 6.07) is 2.13. The van der Waals surface area contributed by atoms with E-state index in [1.807, 2.05) is 12.2 Å².